The normalized spacial score (nSPS) is 11.0. The number of hydrogen-bond donors (Lipinski definition) is 2. The van der Waals surface area contributed by atoms with E-state index in [1.165, 1.54) is 18.2 Å². The van der Waals surface area contributed by atoms with E-state index >= 15 is 0 Å². The first kappa shape index (κ1) is 24.5. The third-order valence-electron chi connectivity index (χ3n) is 5.38. The van der Waals surface area contributed by atoms with Gasteiger partial charge in [0.2, 0.25) is 5.95 Å². The second kappa shape index (κ2) is 9.95. The molecule has 0 spiro atoms. The summed E-state index contributed by atoms with van der Waals surface area (Å²) >= 11 is 12.6. The van der Waals surface area contributed by atoms with Gasteiger partial charge in [-0.1, -0.05) is 29.3 Å². The maximum absolute atomic E-state index is 13.2. The van der Waals surface area contributed by atoms with Crippen LogP contribution in [0.5, 0.6) is 0 Å². The summed E-state index contributed by atoms with van der Waals surface area (Å²) in [7, 11) is 4.70. The summed E-state index contributed by atoms with van der Waals surface area (Å²) in [5, 5.41) is 13.3. The summed E-state index contributed by atoms with van der Waals surface area (Å²) in [6.45, 7) is 0.0881. The van der Waals surface area contributed by atoms with Gasteiger partial charge < -0.3 is 24.7 Å². The molecule has 0 unspecified atom stereocenters. The summed E-state index contributed by atoms with van der Waals surface area (Å²) in [5.74, 6) is -0.0486. The molecule has 35 heavy (non-hydrogen) atoms. The van der Waals surface area contributed by atoms with Crippen molar-refractivity contribution in [1.29, 1.82) is 0 Å². The fraction of sp³-hybridized carbons (Fsp3) is 0.217. The van der Waals surface area contributed by atoms with Crippen LogP contribution < -0.4 is 15.7 Å². The fourth-order valence-electron chi connectivity index (χ4n) is 3.65. The number of fused-ring (bicyclic) bond motifs is 1. The van der Waals surface area contributed by atoms with Crippen LogP contribution in [0.4, 0.5) is 11.6 Å². The molecule has 2 N–H and O–H groups in total. The van der Waals surface area contributed by atoms with Crippen LogP contribution in [0.1, 0.15) is 10.5 Å². The molecule has 0 saturated heterocycles. The molecule has 0 aliphatic rings. The van der Waals surface area contributed by atoms with Crippen molar-refractivity contribution >= 4 is 51.8 Å². The standard InChI is InChI=1S/C23H22Cl2N6O4/c1-29(7-8-32)22(34)18-10-14(12-30(18)2)27-23-26-11-13-9-15(19-16(24)5-4-6-17(19)25)21(33)31(35-3)20(13)28-23/h4-6,9-12,32H,7-8H2,1-3H3,(H,26,27,28). The molecule has 4 rings (SSSR count). The number of aliphatic hydroxyl groups is 1. The Balaban J connectivity index is 1.73. The number of nitrogens with one attached hydrogen (secondary N) is 1. The van der Waals surface area contributed by atoms with Crippen molar-refractivity contribution in [3.05, 3.63) is 68.8 Å². The van der Waals surface area contributed by atoms with Crippen molar-refractivity contribution in [1.82, 2.24) is 24.2 Å². The van der Waals surface area contributed by atoms with E-state index in [9.17, 15) is 9.59 Å². The number of aliphatic hydroxyl groups excluding tert-OH is 1. The summed E-state index contributed by atoms with van der Waals surface area (Å²) < 4.78 is 2.70. The smallest absolute Gasteiger partial charge is 0.293 e. The van der Waals surface area contributed by atoms with Crippen molar-refractivity contribution in [3.8, 4) is 11.1 Å². The monoisotopic (exact) mass is 516 g/mol. The lowest BCUT2D eigenvalue weighted by molar-refractivity contribution is 0.0757. The lowest BCUT2D eigenvalue weighted by Crippen LogP contribution is -2.30. The summed E-state index contributed by atoms with van der Waals surface area (Å²) in [4.78, 5) is 41.3. The van der Waals surface area contributed by atoms with E-state index in [0.717, 1.165) is 4.73 Å². The molecule has 3 aromatic heterocycles. The first-order valence-corrected chi connectivity index (χ1v) is 11.2. The van der Waals surface area contributed by atoms with Gasteiger partial charge in [-0.2, -0.15) is 4.98 Å². The molecule has 0 atom stereocenters. The number of carbonyl (C=O) groups excluding carboxylic acids is 1. The molecule has 0 aliphatic carbocycles. The molecule has 0 bridgehead atoms. The first-order chi connectivity index (χ1) is 16.7. The number of carbonyl (C=O) groups is 1. The quantitative estimate of drug-likeness (QED) is 0.388. The number of likely N-dealkylation sites (N-methyl/N-ethyl adjacent to an activating group) is 1. The van der Waals surface area contributed by atoms with Crippen molar-refractivity contribution in [2.75, 3.05) is 32.6 Å². The largest absolute Gasteiger partial charge is 0.412 e. The minimum Gasteiger partial charge on any atom is -0.412 e. The van der Waals surface area contributed by atoms with Gasteiger partial charge in [0.1, 0.15) is 12.8 Å². The lowest BCUT2D eigenvalue weighted by Gasteiger charge is -2.15. The molecule has 0 aliphatic heterocycles. The SMILES string of the molecule is COn1c(=O)c(-c2c(Cl)cccc2Cl)cc2cnc(Nc3cc(C(=O)N(C)CCO)n(C)c3)nc21. The zero-order chi connectivity index (χ0) is 25.3. The Bertz CT molecular complexity index is 1460. The summed E-state index contributed by atoms with van der Waals surface area (Å²) in [6.07, 6.45) is 3.25. The number of halogens is 2. The van der Waals surface area contributed by atoms with E-state index in [1.54, 1.807) is 55.2 Å². The van der Waals surface area contributed by atoms with Gasteiger partial charge in [-0.25, -0.2) is 4.98 Å². The topological polar surface area (TPSA) is 115 Å². The number of nitrogens with zero attached hydrogens (tertiary/aromatic N) is 5. The molecule has 0 radical (unpaired) electrons. The molecular weight excluding hydrogens is 495 g/mol. The van der Waals surface area contributed by atoms with Crippen LogP contribution in [0.2, 0.25) is 10.0 Å². The fourth-order valence-corrected chi connectivity index (χ4v) is 4.26. The third-order valence-corrected chi connectivity index (χ3v) is 6.01. The molecule has 182 valence electrons. The van der Waals surface area contributed by atoms with Gasteiger partial charge in [-0.3, -0.25) is 9.59 Å². The molecule has 3 heterocycles. The van der Waals surface area contributed by atoms with E-state index in [4.69, 9.17) is 33.1 Å². The Morgan fingerprint density at radius 1 is 1.26 bits per heavy atom. The number of aryl methyl sites for hydroxylation is 1. The zero-order valence-corrected chi connectivity index (χ0v) is 20.6. The Labute approximate surface area is 210 Å². The van der Waals surface area contributed by atoms with Crippen molar-refractivity contribution < 1.29 is 14.7 Å². The highest BCUT2D eigenvalue weighted by molar-refractivity contribution is 6.39. The molecule has 4 aromatic rings. The molecule has 10 nitrogen and oxygen atoms in total. The van der Waals surface area contributed by atoms with E-state index in [2.05, 4.69) is 15.3 Å². The Morgan fingerprint density at radius 2 is 1.97 bits per heavy atom. The van der Waals surface area contributed by atoms with Gasteiger partial charge in [0, 0.05) is 44.0 Å². The van der Waals surface area contributed by atoms with E-state index < -0.39 is 5.56 Å². The predicted octanol–water partition coefficient (Wildman–Crippen LogP) is 2.97. The van der Waals surface area contributed by atoms with Crippen LogP contribution in [-0.4, -0.2) is 62.5 Å². The number of pyridine rings is 1. The Kier molecular flexibility index (Phi) is 6.97. The number of anilines is 2. The van der Waals surface area contributed by atoms with E-state index in [1.807, 2.05) is 0 Å². The van der Waals surface area contributed by atoms with Gasteiger partial charge in [-0.15, -0.1) is 4.73 Å². The van der Waals surface area contributed by atoms with Gasteiger partial charge in [0.05, 0.1) is 27.9 Å². The Hall–Kier alpha value is -3.60. The van der Waals surface area contributed by atoms with Crippen molar-refractivity contribution in [3.63, 3.8) is 0 Å². The summed E-state index contributed by atoms with van der Waals surface area (Å²) in [5.41, 5.74) is 1.37. The van der Waals surface area contributed by atoms with Crippen LogP contribution in [-0.2, 0) is 7.05 Å². The number of benzene rings is 1. The number of rotatable bonds is 7. The zero-order valence-electron chi connectivity index (χ0n) is 19.1. The van der Waals surface area contributed by atoms with Crippen LogP contribution in [0.15, 0.2) is 47.5 Å². The second-order valence-electron chi connectivity index (χ2n) is 7.71. The predicted molar refractivity (Wildman–Crippen MR) is 134 cm³/mol. The molecule has 0 saturated carbocycles. The number of amides is 1. The highest BCUT2D eigenvalue weighted by Crippen LogP contribution is 2.33. The molecule has 1 amide bonds. The van der Waals surface area contributed by atoms with Gasteiger partial charge >= 0.3 is 0 Å². The van der Waals surface area contributed by atoms with Gasteiger partial charge in [0.15, 0.2) is 5.65 Å². The molecular formula is C23H22Cl2N6O4. The number of aromatic nitrogens is 4. The molecule has 0 fully saturated rings. The molecule has 12 heteroatoms. The minimum absolute atomic E-state index is 0.131. The van der Waals surface area contributed by atoms with Crippen molar-refractivity contribution in [2.24, 2.45) is 7.05 Å². The minimum atomic E-state index is -0.487. The van der Waals surface area contributed by atoms with Crippen LogP contribution in [0.25, 0.3) is 22.2 Å². The average molecular weight is 517 g/mol. The van der Waals surface area contributed by atoms with Gasteiger partial charge in [0.25, 0.3) is 11.5 Å². The van der Waals surface area contributed by atoms with Crippen LogP contribution in [0.3, 0.4) is 0 Å². The highest BCUT2D eigenvalue weighted by Gasteiger charge is 2.19. The lowest BCUT2D eigenvalue weighted by atomic mass is 10.1. The molecule has 1 aromatic carbocycles. The third kappa shape index (κ3) is 4.68. The van der Waals surface area contributed by atoms with E-state index in [-0.39, 0.29) is 36.2 Å². The highest BCUT2D eigenvalue weighted by atomic mass is 35.5. The van der Waals surface area contributed by atoms with Gasteiger partial charge in [-0.05, 0) is 24.3 Å². The second-order valence-corrected chi connectivity index (χ2v) is 8.52. The number of hydrogen-bond acceptors (Lipinski definition) is 7. The maximum atomic E-state index is 13.2. The van der Waals surface area contributed by atoms with Crippen molar-refractivity contribution in [2.45, 2.75) is 0 Å². The van der Waals surface area contributed by atoms with E-state index in [0.29, 0.717) is 32.4 Å². The van der Waals surface area contributed by atoms with Crippen LogP contribution >= 0.6 is 23.2 Å². The first-order valence-electron chi connectivity index (χ1n) is 10.5. The average Bonchev–Trinajstić information content (AvgIpc) is 3.18. The maximum Gasteiger partial charge on any atom is 0.293 e. The van der Waals surface area contributed by atoms with Crippen LogP contribution in [0, 0.1) is 0 Å². The summed E-state index contributed by atoms with van der Waals surface area (Å²) in [6, 6.07) is 8.25. The Morgan fingerprint density at radius 3 is 2.63 bits per heavy atom.